The van der Waals surface area contributed by atoms with Gasteiger partial charge in [0.25, 0.3) is 0 Å². The van der Waals surface area contributed by atoms with Crippen LogP contribution in [0.3, 0.4) is 0 Å². The fourth-order valence-corrected chi connectivity index (χ4v) is 6.91. The van der Waals surface area contributed by atoms with Crippen LogP contribution >= 0.6 is 15.9 Å². The first-order valence-corrected chi connectivity index (χ1v) is 10.8. The molecule has 1 heterocycles. The van der Waals surface area contributed by atoms with Gasteiger partial charge in [-0.3, -0.25) is 9.59 Å². The summed E-state index contributed by atoms with van der Waals surface area (Å²) in [5.41, 5.74) is 4.48. The van der Waals surface area contributed by atoms with Crippen LogP contribution in [-0.2, 0) is 13.9 Å². The van der Waals surface area contributed by atoms with E-state index >= 15 is 0 Å². The van der Waals surface area contributed by atoms with Gasteiger partial charge in [0, 0.05) is 18.1 Å². The number of alkyl halides is 1. The van der Waals surface area contributed by atoms with Crippen molar-refractivity contribution >= 4 is 39.1 Å². The van der Waals surface area contributed by atoms with E-state index in [4.69, 9.17) is 0 Å². The van der Waals surface area contributed by atoms with Crippen LogP contribution in [0.15, 0.2) is 72.8 Å². The highest BCUT2D eigenvalue weighted by Gasteiger charge is 2.67. The number of halogens is 1. The van der Waals surface area contributed by atoms with Gasteiger partial charge in [-0.15, -0.1) is 0 Å². The van der Waals surface area contributed by atoms with E-state index in [0.29, 0.717) is 5.69 Å². The molecule has 7 rings (SSSR count). The molecule has 0 saturated carbocycles. The number of quaternary nitrogens is 1. The van der Waals surface area contributed by atoms with Crippen molar-refractivity contribution in [1.29, 1.82) is 0 Å². The Bertz CT molecular complexity index is 1230. The zero-order valence-electron chi connectivity index (χ0n) is 16.2. The van der Waals surface area contributed by atoms with Crippen LogP contribution in [0.5, 0.6) is 0 Å². The maximum atomic E-state index is 13.8. The number of imide groups is 1. The molecule has 7 heteroatoms. The number of nitrogens with one attached hydrogen (secondary N) is 1. The molecule has 0 spiro atoms. The number of hydrogen-bond donors (Lipinski definition) is 2. The van der Waals surface area contributed by atoms with Crippen molar-refractivity contribution in [3.63, 3.8) is 0 Å². The summed E-state index contributed by atoms with van der Waals surface area (Å²) in [6.45, 7) is 0. The van der Waals surface area contributed by atoms with Gasteiger partial charge in [-0.05, 0) is 28.3 Å². The van der Waals surface area contributed by atoms with E-state index in [2.05, 4.69) is 15.9 Å². The number of hydrogen-bond acceptors (Lipinski definition) is 4. The highest BCUT2D eigenvalue weighted by Crippen LogP contribution is 2.66. The van der Waals surface area contributed by atoms with Crippen LogP contribution in [0.1, 0.15) is 28.2 Å². The minimum absolute atomic E-state index is 0.0380. The number of anilines is 1. The summed E-state index contributed by atoms with van der Waals surface area (Å²) in [7, 11) is 0. The molecule has 6 nitrogen and oxygen atoms in total. The van der Waals surface area contributed by atoms with Gasteiger partial charge in [-0.1, -0.05) is 70.5 Å². The summed E-state index contributed by atoms with van der Waals surface area (Å²) in [5, 5.41) is 19.7. The molecule has 4 aliphatic rings. The van der Waals surface area contributed by atoms with E-state index in [-0.39, 0.29) is 23.4 Å². The monoisotopic (exact) mass is 476 g/mol. The van der Waals surface area contributed by atoms with Gasteiger partial charge in [0.1, 0.15) is 0 Å². The Kier molecular flexibility index (Phi) is 3.86. The lowest BCUT2D eigenvalue weighted by Gasteiger charge is -2.51. The van der Waals surface area contributed by atoms with E-state index in [9.17, 15) is 20.0 Å². The molecule has 1 aliphatic heterocycles. The maximum absolute atomic E-state index is 13.8. The summed E-state index contributed by atoms with van der Waals surface area (Å²) in [4.78, 5) is 28.7. The van der Waals surface area contributed by atoms with Gasteiger partial charge in [-0.25, -0.2) is 10.1 Å². The largest absolute Gasteiger partial charge is 0.595 e. The molecule has 31 heavy (non-hydrogen) atoms. The average Bonchev–Trinajstić information content (AvgIpc) is 3.06. The number of rotatable bonds is 2. The Morgan fingerprint density at radius 1 is 0.903 bits per heavy atom. The summed E-state index contributed by atoms with van der Waals surface area (Å²) >= 11 is 3.95. The van der Waals surface area contributed by atoms with E-state index in [1.165, 1.54) is 17.0 Å². The van der Waals surface area contributed by atoms with Crippen LogP contribution in [0.2, 0.25) is 0 Å². The van der Waals surface area contributed by atoms with Crippen molar-refractivity contribution in [1.82, 2.24) is 0 Å². The SMILES string of the molecule is O=C1[C@@H]2C3c4ccccc4C(Br)(c4ccccc43)[C@H]2C(=O)N1c1cccc([NH+]([O-])O)c1. The van der Waals surface area contributed by atoms with Crippen LogP contribution in [0, 0.1) is 17.0 Å². The predicted octanol–water partition coefficient (Wildman–Crippen LogP) is 2.99. The molecule has 1 unspecified atom stereocenters. The fraction of sp³-hybridized carbons (Fsp3) is 0.167. The van der Waals surface area contributed by atoms with Crippen LogP contribution in [0.25, 0.3) is 0 Å². The Balaban J connectivity index is 1.58. The second-order valence-corrected chi connectivity index (χ2v) is 9.49. The highest BCUT2D eigenvalue weighted by molar-refractivity contribution is 9.09. The first-order chi connectivity index (χ1) is 14.9. The van der Waals surface area contributed by atoms with Crippen molar-refractivity contribution in [2.45, 2.75) is 10.2 Å². The van der Waals surface area contributed by atoms with Gasteiger partial charge >= 0.3 is 0 Å². The topological polar surface area (TPSA) is 85.1 Å². The van der Waals surface area contributed by atoms with Crippen LogP contribution in [0.4, 0.5) is 11.4 Å². The molecule has 0 radical (unpaired) electrons. The van der Waals surface area contributed by atoms with E-state index < -0.39 is 21.4 Å². The Morgan fingerprint density at radius 3 is 2.13 bits per heavy atom. The van der Waals surface area contributed by atoms with E-state index in [1.54, 1.807) is 12.1 Å². The Labute approximate surface area is 186 Å². The normalized spacial score (nSPS) is 28.9. The predicted molar refractivity (Wildman–Crippen MR) is 116 cm³/mol. The first kappa shape index (κ1) is 18.9. The van der Waals surface area contributed by atoms with E-state index in [1.807, 2.05) is 48.5 Å². The average molecular weight is 477 g/mol. The minimum Gasteiger partial charge on any atom is -0.595 e. The minimum atomic E-state index is -1.10. The van der Waals surface area contributed by atoms with Gasteiger partial charge in [0.2, 0.25) is 11.8 Å². The molecule has 2 N–H and O–H groups in total. The van der Waals surface area contributed by atoms with Crippen molar-refractivity contribution in [2.24, 2.45) is 11.8 Å². The second-order valence-electron chi connectivity index (χ2n) is 8.23. The maximum Gasteiger partial charge on any atom is 0.239 e. The molecular formula is C24H17BrN2O4. The lowest BCUT2D eigenvalue weighted by molar-refractivity contribution is -0.991. The van der Waals surface area contributed by atoms with Crippen LogP contribution in [-0.4, -0.2) is 17.0 Å². The summed E-state index contributed by atoms with van der Waals surface area (Å²) in [6.07, 6.45) is 0. The molecular weight excluding hydrogens is 460 g/mol. The quantitative estimate of drug-likeness (QED) is 0.338. The number of nitrogens with zero attached hydrogens (tertiary/aromatic N) is 1. The number of carbonyl (C=O) groups excluding carboxylic acids is 2. The molecule has 1 saturated heterocycles. The summed E-state index contributed by atoms with van der Waals surface area (Å²) < 4.78 is -0.814. The molecule has 3 aromatic rings. The summed E-state index contributed by atoms with van der Waals surface area (Å²) in [6, 6.07) is 22.0. The number of carbonyl (C=O) groups is 2. The molecule has 2 amide bonds. The van der Waals surface area contributed by atoms with Gasteiger partial charge < -0.3 is 5.21 Å². The third-order valence-corrected chi connectivity index (χ3v) is 8.21. The second kappa shape index (κ2) is 6.34. The van der Waals surface area contributed by atoms with Crippen molar-refractivity contribution in [2.75, 3.05) is 4.90 Å². The van der Waals surface area contributed by atoms with E-state index in [0.717, 1.165) is 22.3 Å². The standard InChI is InChI=1S/C24H17BrN2O4/c25-24-17-10-3-1-8-15(17)19(16-9-2-4-11-18(16)24)20-21(24)23(29)26(22(20)28)13-6-5-7-14(12-13)27(30)31/h1-12,19-21,27,30H/t19?,20-,21-,24?/m1/s1. The van der Waals surface area contributed by atoms with Crippen molar-refractivity contribution in [3.05, 3.63) is 100 Å². The van der Waals surface area contributed by atoms with Crippen molar-refractivity contribution < 1.29 is 20.0 Å². The Morgan fingerprint density at radius 2 is 1.52 bits per heavy atom. The van der Waals surface area contributed by atoms with Crippen molar-refractivity contribution in [3.8, 4) is 0 Å². The zero-order valence-corrected chi connectivity index (χ0v) is 17.7. The first-order valence-electron chi connectivity index (χ1n) is 10.0. The molecule has 2 bridgehead atoms. The third kappa shape index (κ3) is 2.26. The molecule has 154 valence electrons. The highest BCUT2D eigenvalue weighted by atomic mass is 79.9. The fourth-order valence-electron chi connectivity index (χ4n) is 5.71. The molecule has 3 atom stereocenters. The molecule has 3 aliphatic carbocycles. The third-order valence-electron chi connectivity index (χ3n) is 6.87. The molecule has 1 fully saturated rings. The van der Waals surface area contributed by atoms with Gasteiger partial charge in [0.15, 0.2) is 5.69 Å². The number of amides is 2. The van der Waals surface area contributed by atoms with Crippen LogP contribution < -0.4 is 10.1 Å². The van der Waals surface area contributed by atoms with Gasteiger partial charge in [-0.2, -0.15) is 5.23 Å². The Hall–Kier alpha value is -2.84. The smallest absolute Gasteiger partial charge is 0.239 e. The summed E-state index contributed by atoms with van der Waals surface area (Å²) in [5.74, 6) is -1.96. The lowest BCUT2D eigenvalue weighted by Crippen LogP contribution is -2.99. The molecule has 3 aromatic carbocycles. The molecule has 0 aromatic heterocycles. The lowest BCUT2D eigenvalue weighted by atomic mass is 9.55. The van der Waals surface area contributed by atoms with Gasteiger partial charge in [0.05, 0.1) is 21.8 Å². The number of benzene rings is 3. The zero-order chi connectivity index (χ0) is 21.5.